The van der Waals surface area contributed by atoms with Gasteiger partial charge in [-0.2, -0.15) is 0 Å². The highest BCUT2D eigenvalue weighted by atomic mass is 32.1. The summed E-state index contributed by atoms with van der Waals surface area (Å²) in [5.41, 5.74) is 2.24. The van der Waals surface area contributed by atoms with Crippen LogP contribution in [0, 0.1) is 0 Å². The van der Waals surface area contributed by atoms with Gasteiger partial charge in [-0.05, 0) is 80.3 Å². The molecule has 3 aromatic carbocycles. The molecule has 56 heavy (non-hydrogen) atoms. The number of fused-ring (bicyclic) bond motifs is 2. The first kappa shape index (κ1) is 41.5. The van der Waals surface area contributed by atoms with E-state index in [4.69, 9.17) is 26.4 Å². The summed E-state index contributed by atoms with van der Waals surface area (Å²) in [5, 5.41) is 8.64. The van der Waals surface area contributed by atoms with Crippen LogP contribution in [0.15, 0.2) is 66.7 Å². The van der Waals surface area contributed by atoms with Crippen molar-refractivity contribution in [3.63, 3.8) is 0 Å². The maximum atomic E-state index is 14.7. The lowest BCUT2D eigenvalue weighted by Crippen LogP contribution is -2.61. The Morgan fingerprint density at radius 2 is 1.23 bits per heavy atom. The lowest BCUT2D eigenvalue weighted by Gasteiger charge is -2.37. The Kier molecular flexibility index (Phi) is 13.2. The van der Waals surface area contributed by atoms with Gasteiger partial charge in [0, 0.05) is 34.0 Å². The fourth-order valence-corrected chi connectivity index (χ4v) is 7.25. The van der Waals surface area contributed by atoms with Gasteiger partial charge in [0.2, 0.25) is 29.5 Å². The Hall–Kier alpha value is -5.70. The van der Waals surface area contributed by atoms with Gasteiger partial charge in [-0.3, -0.25) is 24.0 Å². The first-order valence-corrected chi connectivity index (χ1v) is 18.8. The first-order chi connectivity index (χ1) is 26.6. The van der Waals surface area contributed by atoms with Gasteiger partial charge in [0.05, 0.1) is 25.2 Å². The highest BCUT2D eigenvalue weighted by Gasteiger charge is 2.38. The van der Waals surface area contributed by atoms with Gasteiger partial charge in [0.25, 0.3) is 0 Å². The van der Waals surface area contributed by atoms with E-state index in [9.17, 15) is 24.0 Å². The summed E-state index contributed by atoms with van der Waals surface area (Å²) >= 11 is 5.93. The van der Waals surface area contributed by atoms with Crippen molar-refractivity contribution in [3.05, 3.63) is 83.4 Å². The van der Waals surface area contributed by atoms with E-state index in [0.717, 1.165) is 16.7 Å². The van der Waals surface area contributed by atoms with E-state index < -0.39 is 65.8 Å². The molecular weight excluding hydrogens is 737 g/mol. The second-order valence-corrected chi connectivity index (χ2v) is 14.7. The third-order valence-electron chi connectivity index (χ3n) is 10.4. The molecule has 0 aliphatic carbocycles. The fraction of sp³-hybridized carbons (Fsp3) is 0.415. The Labute approximate surface area is 332 Å². The van der Waals surface area contributed by atoms with Crippen LogP contribution in [0.2, 0.25) is 0 Å². The molecule has 1 saturated heterocycles. The van der Waals surface area contributed by atoms with Crippen LogP contribution >= 0.6 is 12.2 Å². The van der Waals surface area contributed by atoms with Crippen LogP contribution < -0.4 is 30.2 Å². The summed E-state index contributed by atoms with van der Waals surface area (Å²) in [6.07, 6.45) is 0.443. The molecule has 0 aromatic heterocycles. The van der Waals surface area contributed by atoms with Gasteiger partial charge in [0.15, 0.2) is 11.5 Å². The molecule has 5 amide bonds. The van der Waals surface area contributed by atoms with E-state index >= 15 is 0 Å². The number of rotatable bonds is 4. The molecule has 298 valence electrons. The van der Waals surface area contributed by atoms with Gasteiger partial charge < -0.3 is 44.9 Å². The number of benzene rings is 3. The molecule has 3 aromatic rings. The standard InChI is InChI=1S/C41H50N6O8S/c1-23-36(48)42-24(2)39(50)45(4)31(19-26-9-14-29(53-7)15-10-26)37(49)43-25(3)40(51)47(6)33-20-27-11-16-30(17-12-27)55-35-22-28(13-18-34(35)54-8)21-32(38(56)44-23)46(5)41(33)52/h9-18,22-25,31-33H,19-21H2,1-8H3,(H,42,48)(H,43,49)(H,44,56)/t23-,24+,25+,31+,32+,33+/m1/s1. The van der Waals surface area contributed by atoms with Crippen molar-refractivity contribution in [2.24, 2.45) is 0 Å². The average molecular weight is 787 g/mol. The summed E-state index contributed by atoms with van der Waals surface area (Å²) in [5.74, 6) is -0.422. The minimum atomic E-state index is -1.09. The summed E-state index contributed by atoms with van der Waals surface area (Å²) in [6, 6.07) is 13.7. The number of ether oxygens (including phenoxy) is 3. The van der Waals surface area contributed by atoms with E-state index in [0.29, 0.717) is 23.0 Å². The number of amides is 5. The van der Waals surface area contributed by atoms with Gasteiger partial charge in [-0.25, -0.2) is 0 Å². The molecule has 3 aliphatic rings. The Balaban J connectivity index is 1.57. The van der Waals surface area contributed by atoms with Crippen LogP contribution in [0.25, 0.3) is 0 Å². The minimum absolute atomic E-state index is 0.102. The molecule has 0 spiro atoms. The Morgan fingerprint density at radius 1 is 0.661 bits per heavy atom. The zero-order chi connectivity index (χ0) is 40.8. The Morgan fingerprint density at radius 3 is 1.86 bits per heavy atom. The van der Waals surface area contributed by atoms with Gasteiger partial charge in [0.1, 0.15) is 41.7 Å². The van der Waals surface area contributed by atoms with Crippen molar-refractivity contribution in [3.8, 4) is 23.0 Å². The largest absolute Gasteiger partial charge is 0.497 e. The SMILES string of the molecule is COc1ccc(C[C@H]2C(=O)N[C@@H](C)C(=O)N(C)[C@H]3Cc4ccc(cc4)Oc4cc(ccc4OC)C[C@@H](C(=S)N[C@H](C)C(=O)N[C@@H](C)C(=O)N2C)N(C)C3=O)cc1. The highest BCUT2D eigenvalue weighted by Crippen LogP contribution is 2.34. The third-order valence-corrected chi connectivity index (χ3v) is 10.8. The molecule has 0 saturated carbocycles. The van der Waals surface area contributed by atoms with Crippen molar-refractivity contribution in [2.45, 2.75) is 76.3 Å². The number of nitrogens with one attached hydrogen (secondary N) is 3. The number of hydrogen-bond acceptors (Lipinski definition) is 9. The van der Waals surface area contributed by atoms with Gasteiger partial charge in [-0.15, -0.1) is 0 Å². The molecule has 0 unspecified atom stereocenters. The molecule has 15 heteroatoms. The summed E-state index contributed by atoms with van der Waals surface area (Å²) in [4.78, 5) is 74.8. The van der Waals surface area contributed by atoms with E-state index in [1.807, 2.05) is 24.3 Å². The predicted molar refractivity (Wildman–Crippen MR) is 214 cm³/mol. The third kappa shape index (κ3) is 9.39. The van der Waals surface area contributed by atoms with Crippen LogP contribution in [0.3, 0.4) is 0 Å². The first-order valence-electron chi connectivity index (χ1n) is 18.4. The number of thiocarbonyl (C=S) groups is 1. The van der Waals surface area contributed by atoms with Crippen molar-refractivity contribution >= 4 is 46.7 Å². The number of methoxy groups -OCH3 is 2. The Bertz CT molecular complexity index is 1960. The second-order valence-electron chi connectivity index (χ2n) is 14.3. The smallest absolute Gasteiger partial charge is 0.246 e. The summed E-state index contributed by atoms with van der Waals surface area (Å²) in [7, 11) is 7.71. The zero-order valence-corrected chi connectivity index (χ0v) is 33.8. The lowest BCUT2D eigenvalue weighted by atomic mass is 9.99. The summed E-state index contributed by atoms with van der Waals surface area (Å²) in [6.45, 7) is 4.67. The molecule has 3 aliphatic heterocycles. The van der Waals surface area contributed by atoms with E-state index in [1.54, 1.807) is 70.7 Å². The molecule has 6 atom stereocenters. The number of hydrogen-bond donors (Lipinski definition) is 3. The molecule has 0 radical (unpaired) electrons. The highest BCUT2D eigenvalue weighted by molar-refractivity contribution is 7.80. The fourth-order valence-electron chi connectivity index (χ4n) is 6.83. The minimum Gasteiger partial charge on any atom is -0.497 e. The van der Waals surface area contributed by atoms with Crippen molar-refractivity contribution < 1.29 is 38.2 Å². The average Bonchev–Trinajstić information content (AvgIpc) is 3.19. The molecule has 3 N–H and O–H groups in total. The maximum absolute atomic E-state index is 14.7. The number of carbonyl (C=O) groups is 5. The van der Waals surface area contributed by atoms with Crippen LogP contribution in [0.5, 0.6) is 23.0 Å². The second kappa shape index (κ2) is 17.8. The maximum Gasteiger partial charge on any atom is 0.246 e. The predicted octanol–water partition coefficient (Wildman–Crippen LogP) is 2.65. The zero-order valence-electron chi connectivity index (χ0n) is 33.0. The number of likely N-dealkylation sites (N-methyl/N-ethyl adjacent to an activating group) is 3. The molecule has 1 fully saturated rings. The van der Waals surface area contributed by atoms with Crippen molar-refractivity contribution in [1.82, 2.24) is 30.7 Å². The normalized spacial score (nSPS) is 24.3. The van der Waals surface area contributed by atoms with Crippen molar-refractivity contribution in [1.29, 1.82) is 0 Å². The van der Waals surface area contributed by atoms with Crippen LogP contribution in [-0.4, -0.2) is 121 Å². The van der Waals surface area contributed by atoms with Crippen molar-refractivity contribution in [2.75, 3.05) is 35.4 Å². The topological polar surface area (TPSA) is 159 Å². The molecule has 6 bridgehead atoms. The van der Waals surface area contributed by atoms with E-state index in [2.05, 4.69) is 16.0 Å². The quantitative estimate of drug-likeness (QED) is 0.336. The summed E-state index contributed by atoms with van der Waals surface area (Å²) < 4.78 is 17.1. The van der Waals surface area contributed by atoms with Gasteiger partial charge >= 0.3 is 0 Å². The molecule has 6 rings (SSSR count). The van der Waals surface area contributed by atoms with E-state index in [1.165, 1.54) is 42.6 Å². The molecular formula is C41H50N6O8S. The molecule has 14 nitrogen and oxygen atoms in total. The van der Waals surface area contributed by atoms with Crippen LogP contribution in [-0.2, 0) is 43.2 Å². The van der Waals surface area contributed by atoms with Crippen LogP contribution in [0.1, 0.15) is 37.5 Å². The lowest BCUT2D eigenvalue weighted by molar-refractivity contribution is -0.147. The molecule has 3 heterocycles. The monoisotopic (exact) mass is 786 g/mol. The van der Waals surface area contributed by atoms with Crippen LogP contribution in [0.4, 0.5) is 0 Å². The number of carbonyl (C=O) groups excluding carboxylic acids is 5. The van der Waals surface area contributed by atoms with E-state index in [-0.39, 0.29) is 24.3 Å². The van der Waals surface area contributed by atoms with Gasteiger partial charge in [-0.1, -0.05) is 42.5 Å². The number of nitrogens with zero attached hydrogens (tertiary/aromatic N) is 3.